The van der Waals surface area contributed by atoms with Gasteiger partial charge in [-0.15, -0.1) is 0 Å². The fourth-order valence-corrected chi connectivity index (χ4v) is 3.00. The van der Waals surface area contributed by atoms with Crippen molar-refractivity contribution in [1.29, 1.82) is 0 Å². The molecule has 3 aromatic rings. The van der Waals surface area contributed by atoms with Gasteiger partial charge in [0.1, 0.15) is 5.82 Å². The Kier molecular flexibility index (Phi) is 5.86. The van der Waals surface area contributed by atoms with Gasteiger partial charge in [-0.05, 0) is 49.6 Å². The molecule has 0 saturated heterocycles. The summed E-state index contributed by atoms with van der Waals surface area (Å²) < 4.78 is 0. The molecule has 0 spiro atoms. The molecule has 0 bridgehead atoms. The molecule has 4 nitrogen and oxygen atoms in total. The van der Waals surface area contributed by atoms with Gasteiger partial charge >= 0.3 is 0 Å². The minimum absolute atomic E-state index is 0.153. The van der Waals surface area contributed by atoms with Gasteiger partial charge in [-0.1, -0.05) is 42.8 Å². The maximum Gasteiger partial charge on any atom is 0.161 e. The lowest BCUT2D eigenvalue weighted by Crippen LogP contribution is -2.05. The van der Waals surface area contributed by atoms with E-state index >= 15 is 0 Å². The number of aliphatic hydroxyl groups excluding tert-OH is 1. The Morgan fingerprint density at radius 3 is 2.50 bits per heavy atom. The second-order valence-corrected chi connectivity index (χ2v) is 6.56. The molecule has 3 rings (SSSR count). The van der Waals surface area contributed by atoms with E-state index < -0.39 is 0 Å². The summed E-state index contributed by atoms with van der Waals surface area (Å²) in [5, 5.41) is 13.1. The highest BCUT2D eigenvalue weighted by Gasteiger charge is 2.12. The lowest BCUT2D eigenvalue weighted by atomic mass is 10.1. The molecule has 0 unspecified atom stereocenters. The van der Waals surface area contributed by atoms with Crippen LogP contribution in [0.1, 0.15) is 23.7 Å². The SMILES string of the molecule is CCc1nc(-c2cccc(Cl)c2)nc(Nc2ccc(CCO)cc2)c1C. The summed E-state index contributed by atoms with van der Waals surface area (Å²) in [6.45, 7) is 4.27. The smallest absolute Gasteiger partial charge is 0.161 e. The van der Waals surface area contributed by atoms with Crippen LogP contribution in [0.2, 0.25) is 5.02 Å². The molecular formula is C21H22ClN3O. The molecule has 0 saturated carbocycles. The highest BCUT2D eigenvalue weighted by Crippen LogP contribution is 2.26. The van der Waals surface area contributed by atoms with E-state index in [4.69, 9.17) is 26.7 Å². The number of nitrogens with one attached hydrogen (secondary N) is 1. The number of anilines is 2. The average Bonchev–Trinajstić information content (AvgIpc) is 2.65. The first-order valence-electron chi connectivity index (χ1n) is 8.71. The van der Waals surface area contributed by atoms with Gasteiger partial charge in [-0.2, -0.15) is 0 Å². The predicted octanol–water partition coefficient (Wildman–Crippen LogP) is 4.95. The van der Waals surface area contributed by atoms with Crippen molar-refractivity contribution < 1.29 is 5.11 Å². The van der Waals surface area contributed by atoms with Crippen molar-refractivity contribution in [3.63, 3.8) is 0 Å². The molecule has 0 aliphatic rings. The summed E-state index contributed by atoms with van der Waals surface area (Å²) in [5.74, 6) is 1.45. The van der Waals surface area contributed by atoms with Gasteiger partial charge in [0.15, 0.2) is 5.82 Å². The fourth-order valence-electron chi connectivity index (χ4n) is 2.81. The summed E-state index contributed by atoms with van der Waals surface area (Å²) in [5.41, 5.74) is 5.00. The van der Waals surface area contributed by atoms with Crippen molar-refractivity contribution in [3.05, 3.63) is 70.4 Å². The molecule has 134 valence electrons. The van der Waals surface area contributed by atoms with Gasteiger partial charge in [0, 0.05) is 34.1 Å². The van der Waals surface area contributed by atoms with Crippen LogP contribution in [0, 0.1) is 6.92 Å². The molecule has 0 amide bonds. The monoisotopic (exact) mass is 367 g/mol. The van der Waals surface area contributed by atoms with Crippen LogP contribution in [-0.4, -0.2) is 21.7 Å². The molecule has 5 heteroatoms. The number of benzene rings is 2. The molecule has 1 heterocycles. The van der Waals surface area contributed by atoms with E-state index in [1.807, 2.05) is 55.5 Å². The molecule has 2 aromatic carbocycles. The van der Waals surface area contributed by atoms with Gasteiger partial charge < -0.3 is 10.4 Å². The third-order valence-corrected chi connectivity index (χ3v) is 4.52. The minimum atomic E-state index is 0.153. The fraction of sp³-hybridized carbons (Fsp3) is 0.238. The van der Waals surface area contributed by atoms with E-state index in [0.717, 1.165) is 40.3 Å². The van der Waals surface area contributed by atoms with Crippen molar-refractivity contribution in [1.82, 2.24) is 9.97 Å². The Morgan fingerprint density at radius 1 is 1.08 bits per heavy atom. The Bertz CT molecular complexity index is 894. The number of hydrogen-bond donors (Lipinski definition) is 2. The first kappa shape index (κ1) is 18.4. The van der Waals surface area contributed by atoms with Gasteiger partial charge in [-0.3, -0.25) is 0 Å². The largest absolute Gasteiger partial charge is 0.396 e. The first-order valence-corrected chi connectivity index (χ1v) is 9.08. The third-order valence-electron chi connectivity index (χ3n) is 4.28. The molecule has 26 heavy (non-hydrogen) atoms. The minimum Gasteiger partial charge on any atom is -0.396 e. The Labute approximate surface area is 158 Å². The molecule has 0 radical (unpaired) electrons. The number of halogens is 1. The molecule has 0 fully saturated rings. The lowest BCUT2D eigenvalue weighted by Gasteiger charge is -2.14. The standard InChI is InChI=1S/C21H22ClN3O/c1-3-19-14(2)20(23-18-9-7-15(8-10-18)11-12-26)25-21(24-19)16-5-4-6-17(22)13-16/h4-10,13,26H,3,11-12H2,1-2H3,(H,23,24,25). The van der Waals surface area contributed by atoms with E-state index in [2.05, 4.69) is 12.2 Å². The molecule has 1 aromatic heterocycles. The topological polar surface area (TPSA) is 58.0 Å². The van der Waals surface area contributed by atoms with E-state index in [-0.39, 0.29) is 6.61 Å². The van der Waals surface area contributed by atoms with Crippen molar-refractivity contribution in [2.45, 2.75) is 26.7 Å². The average molecular weight is 368 g/mol. The summed E-state index contributed by atoms with van der Waals surface area (Å²) in [6.07, 6.45) is 1.48. The van der Waals surface area contributed by atoms with Crippen molar-refractivity contribution >= 4 is 23.1 Å². The van der Waals surface area contributed by atoms with Crippen LogP contribution in [0.5, 0.6) is 0 Å². The van der Waals surface area contributed by atoms with Gasteiger partial charge in [0.05, 0.1) is 0 Å². The van der Waals surface area contributed by atoms with Crippen molar-refractivity contribution in [2.24, 2.45) is 0 Å². The van der Waals surface area contributed by atoms with Crippen LogP contribution in [-0.2, 0) is 12.8 Å². The quantitative estimate of drug-likeness (QED) is 0.647. The van der Waals surface area contributed by atoms with Crippen LogP contribution >= 0.6 is 11.6 Å². The maximum atomic E-state index is 9.03. The van der Waals surface area contributed by atoms with E-state index in [9.17, 15) is 0 Å². The number of aromatic nitrogens is 2. The normalized spacial score (nSPS) is 10.8. The highest BCUT2D eigenvalue weighted by atomic mass is 35.5. The molecule has 0 aliphatic carbocycles. The zero-order valence-corrected chi connectivity index (χ0v) is 15.7. The zero-order valence-electron chi connectivity index (χ0n) is 15.0. The van der Waals surface area contributed by atoms with Gasteiger partial charge in [0.25, 0.3) is 0 Å². The highest BCUT2D eigenvalue weighted by molar-refractivity contribution is 6.30. The lowest BCUT2D eigenvalue weighted by molar-refractivity contribution is 0.299. The van der Waals surface area contributed by atoms with Crippen molar-refractivity contribution in [3.8, 4) is 11.4 Å². The second-order valence-electron chi connectivity index (χ2n) is 6.13. The summed E-state index contributed by atoms with van der Waals surface area (Å²) in [4.78, 5) is 9.43. The number of hydrogen-bond acceptors (Lipinski definition) is 4. The number of aliphatic hydroxyl groups is 1. The molecule has 0 aliphatic heterocycles. The summed E-state index contributed by atoms with van der Waals surface area (Å²) >= 11 is 6.12. The van der Waals surface area contributed by atoms with Crippen LogP contribution in [0.4, 0.5) is 11.5 Å². The molecular weight excluding hydrogens is 346 g/mol. The summed E-state index contributed by atoms with van der Waals surface area (Å²) in [6, 6.07) is 15.6. The van der Waals surface area contributed by atoms with Crippen LogP contribution in [0.15, 0.2) is 48.5 Å². The van der Waals surface area contributed by atoms with E-state index in [1.165, 1.54) is 0 Å². The Balaban J connectivity index is 1.96. The molecule has 0 atom stereocenters. The predicted molar refractivity (Wildman–Crippen MR) is 107 cm³/mol. The molecule has 2 N–H and O–H groups in total. The second kappa shape index (κ2) is 8.30. The van der Waals surface area contributed by atoms with E-state index in [1.54, 1.807) is 0 Å². The van der Waals surface area contributed by atoms with Crippen molar-refractivity contribution in [2.75, 3.05) is 11.9 Å². The summed E-state index contributed by atoms with van der Waals surface area (Å²) in [7, 11) is 0. The maximum absolute atomic E-state index is 9.03. The Hall–Kier alpha value is -2.43. The number of nitrogens with zero attached hydrogens (tertiary/aromatic N) is 2. The van der Waals surface area contributed by atoms with Gasteiger partial charge in [0.2, 0.25) is 0 Å². The van der Waals surface area contributed by atoms with Crippen LogP contribution in [0.25, 0.3) is 11.4 Å². The van der Waals surface area contributed by atoms with Crippen LogP contribution in [0.3, 0.4) is 0 Å². The first-order chi connectivity index (χ1) is 12.6. The Morgan fingerprint density at radius 2 is 1.85 bits per heavy atom. The third kappa shape index (κ3) is 4.21. The number of aryl methyl sites for hydroxylation is 1. The zero-order chi connectivity index (χ0) is 18.5. The number of rotatable bonds is 6. The van der Waals surface area contributed by atoms with Crippen LogP contribution < -0.4 is 5.32 Å². The van der Waals surface area contributed by atoms with E-state index in [0.29, 0.717) is 17.3 Å². The van der Waals surface area contributed by atoms with Gasteiger partial charge in [-0.25, -0.2) is 9.97 Å².